The number of methoxy groups -OCH3 is 1. The molecule has 1 saturated carbocycles. The number of rotatable bonds is 7. The fraction of sp³-hybridized carbons (Fsp3) is 0.478. The average Bonchev–Trinajstić information content (AvgIpc) is 3.50. The Labute approximate surface area is 190 Å². The highest BCUT2D eigenvalue weighted by molar-refractivity contribution is 5.97. The van der Waals surface area contributed by atoms with Crippen LogP contribution in [0.25, 0.3) is 10.9 Å². The van der Waals surface area contributed by atoms with Gasteiger partial charge < -0.3 is 25.0 Å². The van der Waals surface area contributed by atoms with Gasteiger partial charge in [0.05, 0.1) is 29.3 Å². The summed E-state index contributed by atoms with van der Waals surface area (Å²) in [4.78, 5) is 31.8. The lowest BCUT2D eigenvalue weighted by Gasteiger charge is -2.24. The van der Waals surface area contributed by atoms with E-state index in [0.717, 1.165) is 18.9 Å². The predicted molar refractivity (Wildman–Crippen MR) is 122 cm³/mol. The number of nitrogens with one attached hydrogen (secondary N) is 1. The van der Waals surface area contributed by atoms with Gasteiger partial charge in [0, 0.05) is 37.4 Å². The second-order valence-corrected chi connectivity index (χ2v) is 9.44. The zero-order chi connectivity index (χ0) is 24.1. The summed E-state index contributed by atoms with van der Waals surface area (Å²) in [6.45, 7) is 6.40. The van der Waals surface area contributed by atoms with E-state index in [1.165, 1.54) is 13.3 Å². The molecular formula is C23H29FN4O5. The Balaban J connectivity index is 1.89. The molecule has 0 radical (unpaired) electrons. The molecule has 1 atom stereocenters. The predicted octanol–water partition coefficient (Wildman–Crippen LogP) is 2.74. The number of nitrogens with two attached hydrogens (primary N) is 1. The molecule has 2 heterocycles. The fourth-order valence-corrected chi connectivity index (χ4v) is 4.04. The maximum atomic E-state index is 15.5. The summed E-state index contributed by atoms with van der Waals surface area (Å²) in [7, 11) is 1.41. The molecule has 4 rings (SSSR count). The molecule has 1 aromatic carbocycles. The second-order valence-electron chi connectivity index (χ2n) is 9.44. The van der Waals surface area contributed by atoms with Crippen LogP contribution in [0.15, 0.2) is 29.0 Å². The van der Waals surface area contributed by atoms with Crippen molar-refractivity contribution < 1.29 is 23.9 Å². The van der Waals surface area contributed by atoms with E-state index in [1.807, 2.05) is 20.8 Å². The Morgan fingerprint density at radius 3 is 2.61 bits per heavy atom. The normalized spacial score (nSPS) is 18.5. The quantitative estimate of drug-likeness (QED) is 0.540. The molecule has 1 aliphatic heterocycles. The van der Waals surface area contributed by atoms with E-state index >= 15 is 4.39 Å². The van der Waals surface area contributed by atoms with E-state index in [9.17, 15) is 14.7 Å². The minimum atomic E-state index is -1.34. The van der Waals surface area contributed by atoms with Crippen LogP contribution in [0.5, 0.6) is 5.75 Å². The number of hydrogen-bond acceptors (Lipinski definition) is 7. The smallest absolute Gasteiger partial charge is 0.341 e. The zero-order valence-electron chi connectivity index (χ0n) is 19.1. The lowest BCUT2D eigenvalue weighted by molar-refractivity contribution is -0.0607. The van der Waals surface area contributed by atoms with Gasteiger partial charge in [-0.25, -0.2) is 9.18 Å². The molecule has 1 unspecified atom stereocenters. The third-order valence-corrected chi connectivity index (χ3v) is 5.77. The number of hydrogen-bond donors (Lipinski definition) is 3. The van der Waals surface area contributed by atoms with Crippen LogP contribution in [0.2, 0.25) is 0 Å². The first-order chi connectivity index (χ1) is 15.6. The molecule has 178 valence electrons. The number of carboxylic acids is 1. The van der Waals surface area contributed by atoms with Crippen molar-refractivity contribution in [2.75, 3.05) is 25.1 Å². The van der Waals surface area contributed by atoms with Crippen LogP contribution in [0, 0.1) is 11.7 Å². The number of carboxylic acid groups (broad SMARTS) is 1. The molecule has 4 N–H and O–H groups in total. The molecule has 10 heteroatoms. The Bertz CT molecular complexity index is 1200. The lowest BCUT2D eigenvalue weighted by atomic mass is 10.1. The summed E-state index contributed by atoms with van der Waals surface area (Å²) in [5, 5.41) is 9.46. The summed E-state index contributed by atoms with van der Waals surface area (Å²) in [5.74, 6) is -1.99. The number of halogens is 1. The largest absolute Gasteiger partial charge is 0.492 e. The van der Waals surface area contributed by atoms with Crippen molar-refractivity contribution in [1.29, 1.82) is 0 Å². The van der Waals surface area contributed by atoms with Gasteiger partial charge in [0.1, 0.15) is 11.3 Å². The van der Waals surface area contributed by atoms with Crippen molar-refractivity contribution in [3.63, 3.8) is 0 Å². The van der Waals surface area contributed by atoms with Gasteiger partial charge in [-0.05, 0) is 39.7 Å². The van der Waals surface area contributed by atoms with E-state index in [4.69, 9.17) is 15.3 Å². The van der Waals surface area contributed by atoms with E-state index in [2.05, 4.69) is 5.48 Å². The standard InChI is InChI=1S/C23H29FN4O5/c1-23(2,3)33-26-17-11-27(9-12(17)8-25)19-16(24)7-14-18(21(19)32-4)28(13-5-6-13)10-15(20(14)29)22(30)31/h7,10-13,26H,5-6,8-9,25H2,1-4H3,(H,30,31). The lowest BCUT2D eigenvalue weighted by Crippen LogP contribution is -2.33. The molecule has 1 aliphatic carbocycles. The van der Waals surface area contributed by atoms with E-state index < -0.39 is 28.4 Å². The number of nitrogens with zero attached hydrogens (tertiary/aromatic N) is 2. The highest BCUT2D eigenvalue weighted by Crippen LogP contribution is 2.44. The van der Waals surface area contributed by atoms with Gasteiger partial charge in [-0.3, -0.25) is 15.1 Å². The van der Waals surface area contributed by atoms with Gasteiger partial charge >= 0.3 is 5.97 Å². The van der Waals surface area contributed by atoms with E-state index in [-0.39, 0.29) is 28.8 Å². The number of aromatic nitrogens is 1. The number of benzene rings is 1. The minimum Gasteiger partial charge on any atom is -0.492 e. The van der Waals surface area contributed by atoms with Crippen molar-refractivity contribution in [3.8, 4) is 5.75 Å². The molecule has 1 aromatic heterocycles. The first kappa shape index (κ1) is 23.1. The monoisotopic (exact) mass is 460 g/mol. The third kappa shape index (κ3) is 4.28. The second kappa shape index (κ2) is 8.35. The van der Waals surface area contributed by atoms with Crippen LogP contribution in [-0.4, -0.2) is 41.4 Å². The summed E-state index contributed by atoms with van der Waals surface area (Å²) in [6, 6.07) is 1.13. The Kier molecular flexibility index (Phi) is 5.83. The summed E-state index contributed by atoms with van der Waals surface area (Å²) < 4.78 is 22.9. The molecule has 0 saturated heterocycles. The van der Waals surface area contributed by atoms with Crippen molar-refractivity contribution in [2.45, 2.75) is 45.3 Å². The van der Waals surface area contributed by atoms with Gasteiger partial charge in [0.2, 0.25) is 5.43 Å². The molecule has 2 aliphatic rings. The van der Waals surface area contributed by atoms with Gasteiger partial charge in [-0.1, -0.05) is 0 Å². The Hall–Kier alpha value is -3.11. The summed E-state index contributed by atoms with van der Waals surface area (Å²) >= 11 is 0. The van der Waals surface area contributed by atoms with Crippen LogP contribution in [-0.2, 0) is 4.84 Å². The summed E-state index contributed by atoms with van der Waals surface area (Å²) in [6.07, 6.45) is 4.73. The van der Waals surface area contributed by atoms with Crippen LogP contribution in [0.3, 0.4) is 0 Å². The van der Waals surface area contributed by atoms with Crippen molar-refractivity contribution in [2.24, 2.45) is 11.7 Å². The number of fused-ring (bicyclic) bond motifs is 1. The van der Waals surface area contributed by atoms with Crippen molar-refractivity contribution >= 4 is 22.6 Å². The SMILES string of the molecule is COc1c(N2C=C(NOC(C)(C)C)C(CN)C2)c(F)cc2c(=O)c(C(=O)O)cn(C3CC3)c12. The molecule has 2 aromatic rings. The fourth-order valence-electron chi connectivity index (χ4n) is 4.04. The number of hydroxylamine groups is 1. The van der Waals surface area contributed by atoms with E-state index in [1.54, 1.807) is 15.7 Å². The van der Waals surface area contributed by atoms with Gasteiger partial charge in [0.25, 0.3) is 0 Å². The Morgan fingerprint density at radius 2 is 2.06 bits per heavy atom. The minimum absolute atomic E-state index is 0.0205. The highest BCUT2D eigenvalue weighted by Gasteiger charge is 2.34. The third-order valence-electron chi connectivity index (χ3n) is 5.77. The topological polar surface area (TPSA) is 119 Å². The van der Waals surface area contributed by atoms with Gasteiger partial charge in [-0.2, -0.15) is 0 Å². The van der Waals surface area contributed by atoms with Crippen molar-refractivity contribution in [1.82, 2.24) is 10.0 Å². The number of ether oxygens (including phenoxy) is 1. The first-order valence-corrected chi connectivity index (χ1v) is 10.9. The summed E-state index contributed by atoms with van der Waals surface area (Å²) in [5.41, 5.74) is 8.57. The average molecular weight is 461 g/mol. The molecule has 0 bridgehead atoms. The van der Waals surface area contributed by atoms with Crippen LogP contribution in [0.4, 0.5) is 10.1 Å². The number of pyridine rings is 1. The maximum absolute atomic E-state index is 15.5. The molecular weight excluding hydrogens is 431 g/mol. The van der Waals surface area contributed by atoms with Crippen LogP contribution in [0.1, 0.15) is 50.0 Å². The molecule has 0 amide bonds. The number of anilines is 1. The van der Waals surface area contributed by atoms with Crippen LogP contribution >= 0.6 is 0 Å². The van der Waals surface area contributed by atoms with Crippen molar-refractivity contribution in [3.05, 3.63) is 45.8 Å². The van der Waals surface area contributed by atoms with E-state index in [0.29, 0.717) is 24.3 Å². The number of aromatic carboxylic acids is 1. The molecule has 1 fully saturated rings. The number of carbonyl (C=O) groups is 1. The zero-order valence-corrected chi connectivity index (χ0v) is 19.1. The molecule has 33 heavy (non-hydrogen) atoms. The highest BCUT2D eigenvalue weighted by atomic mass is 19.1. The molecule has 0 spiro atoms. The Morgan fingerprint density at radius 1 is 1.36 bits per heavy atom. The van der Waals surface area contributed by atoms with Gasteiger partial charge in [0.15, 0.2) is 11.6 Å². The molecule has 9 nitrogen and oxygen atoms in total. The first-order valence-electron chi connectivity index (χ1n) is 10.9. The maximum Gasteiger partial charge on any atom is 0.341 e. The van der Waals surface area contributed by atoms with Gasteiger partial charge in [-0.15, -0.1) is 0 Å². The van der Waals surface area contributed by atoms with Crippen LogP contribution < -0.4 is 26.3 Å².